The molecule has 3 aromatic heterocycles. The summed E-state index contributed by atoms with van der Waals surface area (Å²) in [5, 5.41) is 18.7. The first-order valence-corrected chi connectivity index (χ1v) is 9.75. The third-order valence-electron chi connectivity index (χ3n) is 4.87. The average molecular weight is 452 g/mol. The smallest absolute Gasteiger partial charge is 0.314 e. The molecule has 5 rings (SSSR count). The third-order valence-corrected chi connectivity index (χ3v) is 4.87. The molecule has 0 saturated heterocycles. The van der Waals surface area contributed by atoms with Crippen molar-refractivity contribution in [2.45, 2.75) is 13.0 Å². The summed E-state index contributed by atoms with van der Waals surface area (Å²) in [5.74, 6) is -1.30. The Bertz CT molecular complexity index is 1450. The largest absolute Gasteiger partial charge is 0.415 e. The number of fused-ring (bicyclic) bond motifs is 1. The first-order chi connectivity index (χ1) is 16.0. The van der Waals surface area contributed by atoms with Crippen LogP contribution < -0.4 is 5.32 Å². The van der Waals surface area contributed by atoms with Crippen LogP contribution >= 0.6 is 0 Å². The van der Waals surface area contributed by atoms with Gasteiger partial charge in [0, 0.05) is 24.2 Å². The lowest BCUT2D eigenvalue weighted by Gasteiger charge is -2.04. The molecule has 9 nitrogen and oxygen atoms in total. The van der Waals surface area contributed by atoms with Crippen molar-refractivity contribution < 1.29 is 17.6 Å². The van der Waals surface area contributed by atoms with Crippen LogP contribution in [-0.4, -0.2) is 42.2 Å². The molecule has 5 aromatic rings. The van der Waals surface area contributed by atoms with E-state index in [1.807, 2.05) is 18.2 Å². The normalized spacial score (nSPS) is 11.4. The Morgan fingerprint density at radius 1 is 1.09 bits per heavy atom. The zero-order valence-electron chi connectivity index (χ0n) is 17.1. The summed E-state index contributed by atoms with van der Waals surface area (Å²) in [6, 6.07) is 9.95. The summed E-state index contributed by atoms with van der Waals surface area (Å²) < 4.78 is 46.2. The number of hydrogen-bond acceptors (Lipinski definition) is 8. The summed E-state index contributed by atoms with van der Waals surface area (Å²) in [6.45, 7) is 0.249. The van der Waals surface area contributed by atoms with Crippen molar-refractivity contribution >= 4 is 16.9 Å². The standard InChI is InChI=1S/C21H15F3N8O/c1-25-21-26-8-13-7-12(3-5-16(13)27-21)17-10-32(31-28-17)9-11-2-4-14(15(22)6-11)19-29-30-20(33-19)18(23)24/h2-8,10,18H,9H2,1H3,(H,25,26,27). The molecule has 0 aliphatic heterocycles. The molecule has 2 aromatic carbocycles. The van der Waals surface area contributed by atoms with Crippen LogP contribution in [0.4, 0.5) is 19.1 Å². The minimum Gasteiger partial charge on any atom is -0.415 e. The van der Waals surface area contributed by atoms with E-state index >= 15 is 0 Å². The third kappa shape index (κ3) is 4.10. The molecule has 0 saturated carbocycles. The number of nitrogens with one attached hydrogen (secondary N) is 1. The summed E-state index contributed by atoms with van der Waals surface area (Å²) in [6.07, 6.45) is 0.541. The van der Waals surface area contributed by atoms with Gasteiger partial charge in [-0.15, -0.1) is 15.3 Å². The van der Waals surface area contributed by atoms with Crippen molar-refractivity contribution in [3.63, 3.8) is 0 Å². The molecule has 166 valence electrons. The van der Waals surface area contributed by atoms with Gasteiger partial charge in [-0.1, -0.05) is 17.3 Å². The van der Waals surface area contributed by atoms with E-state index in [1.54, 1.807) is 30.2 Å². The van der Waals surface area contributed by atoms with Gasteiger partial charge in [0.15, 0.2) is 0 Å². The zero-order chi connectivity index (χ0) is 22.9. The highest BCUT2D eigenvalue weighted by Crippen LogP contribution is 2.26. The van der Waals surface area contributed by atoms with Gasteiger partial charge < -0.3 is 9.73 Å². The minimum absolute atomic E-state index is 0.0581. The average Bonchev–Trinajstić information content (AvgIpc) is 3.49. The van der Waals surface area contributed by atoms with Crippen LogP contribution in [0.2, 0.25) is 0 Å². The van der Waals surface area contributed by atoms with E-state index in [-0.39, 0.29) is 18.0 Å². The lowest BCUT2D eigenvalue weighted by atomic mass is 10.1. The number of nitrogens with zero attached hydrogens (tertiary/aromatic N) is 7. The van der Waals surface area contributed by atoms with E-state index in [9.17, 15) is 13.2 Å². The molecule has 0 radical (unpaired) electrons. The predicted molar refractivity (Wildman–Crippen MR) is 112 cm³/mol. The maximum Gasteiger partial charge on any atom is 0.314 e. The van der Waals surface area contributed by atoms with E-state index in [0.717, 1.165) is 16.5 Å². The Balaban J connectivity index is 1.35. The monoisotopic (exact) mass is 452 g/mol. The van der Waals surface area contributed by atoms with Crippen LogP contribution in [0.1, 0.15) is 17.9 Å². The SMILES string of the molecule is CNc1ncc2cc(-c3cn(Cc4ccc(-c5nnc(C(F)F)o5)c(F)c4)nn3)ccc2n1. The number of anilines is 1. The molecule has 12 heteroatoms. The molecule has 0 bridgehead atoms. The Hall–Kier alpha value is -4.35. The number of rotatable bonds is 6. The van der Waals surface area contributed by atoms with Gasteiger partial charge in [-0.05, 0) is 29.8 Å². The van der Waals surface area contributed by atoms with E-state index in [0.29, 0.717) is 17.2 Å². The number of aromatic nitrogens is 7. The Kier molecular flexibility index (Phi) is 5.17. The van der Waals surface area contributed by atoms with Gasteiger partial charge in [0.05, 0.1) is 23.8 Å². The second-order valence-corrected chi connectivity index (χ2v) is 7.08. The molecule has 0 fully saturated rings. The Labute approximate surface area is 184 Å². The van der Waals surface area contributed by atoms with E-state index in [4.69, 9.17) is 4.42 Å². The van der Waals surface area contributed by atoms with Crippen LogP contribution in [0.5, 0.6) is 0 Å². The quantitative estimate of drug-likeness (QED) is 0.410. The van der Waals surface area contributed by atoms with Crippen LogP contribution in [0.15, 0.2) is 53.2 Å². The molecule has 1 N–H and O–H groups in total. The van der Waals surface area contributed by atoms with E-state index in [1.165, 1.54) is 12.1 Å². The fraction of sp³-hybridized carbons (Fsp3) is 0.143. The number of benzene rings is 2. The number of alkyl halides is 2. The number of halogens is 3. The van der Waals surface area contributed by atoms with E-state index < -0.39 is 18.1 Å². The second kappa shape index (κ2) is 8.30. The summed E-state index contributed by atoms with van der Waals surface area (Å²) in [4.78, 5) is 8.60. The van der Waals surface area contributed by atoms with Gasteiger partial charge in [0.1, 0.15) is 11.5 Å². The maximum atomic E-state index is 14.5. The molecule has 0 amide bonds. The molecule has 0 atom stereocenters. The van der Waals surface area contributed by atoms with Crippen molar-refractivity contribution in [2.75, 3.05) is 12.4 Å². The van der Waals surface area contributed by atoms with Crippen molar-refractivity contribution in [3.8, 4) is 22.7 Å². The Morgan fingerprint density at radius 2 is 1.97 bits per heavy atom. The van der Waals surface area contributed by atoms with Gasteiger partial charge in [0.25, 0.3) is 11.8 Å². The summed E-state index contributed by atoms with van der Waals surface area (Å²) >= 11 is 0. The molecule has 33 heavy (non-hydrogen) atoms. The van der Waals surface area contributed by atoms with Crippen LogP contribution in [-0.2, 0) is 6.54 Å². The van der Waals surface area contributed by atoms with Crippen LogP contribution in [0, 0.1) is 5.82 Å². The molecule has 0 aliphatic rings. The van der Waals surface area contributed by atoms with Crippen LogP contribution in [0.3, 0.4) is 0 Å². The minimum atomic E-state index is -2.92. The number of hydrogen-bond donors (Lipinski definition) is 1. The predicted octanol–water partition coefficient (Wildman–Crippen LogP) is 4.11. The van der Waals surface area contributed by atoms with Crippen LogP contribution in [0.25, 0.3) is 33.6 Å². The Morgan fingerprint density at radius 3 is 2.73 bits per heavy atom. The lowest BCUT2D eigenvalue weighted by Crippen LogP contribution is -2.01. The molecular weight excluding hydrogens is 437 g/mol. The van der Waals surface area contributed by atoms with Gasteiger partial charge in [-0.25, -0.2) is 19.0 Å². The van der Waals surface area contributed by atoms with Crippen molar-refractivity contribution in [1.82, 2.24) is 35.2 Å². The van der Waals surface area contributed by atoms with Gasteiger partial charge in [0.2, 0.25) is 5.95 Å². The first-order valence-electron chi connectivity index (χ1n) is 9.75. The highest BCUT2D eigenvalue weighted by molar-refractivity contribution is 5.83. The fourth-order valence-corrected chi connectivity index (χ4v) is 3.27. The molecule has 0 spiro atoms. The first kappa shape index (κ1) is 20.5. The topological polar surface area (TPSA) is 107 Å². The van der Waals surface area contributed by atoms with E-state index in [2.05, 4.69) is 35.8 Å². The highest BCUT2D eigenvalue weighted by atomic mass is 19.3. The zero-order valence-corrected chi connectivity index (χ0v) is 17.1. The molecule has 0 unspecified atom stereocenters. The summed E-state index contributed by atoms with van der Waals surface area (Å²) in [7, 11) is 1.75. The van der Waals surface area contributed by atoms with Crippen molar-refractivity contribution in [2.24, 2.45) is 0 Å². The van der Waals surface area contributed by atoms with Gasteiger partial charge in [-0.3, -0.25) is 0 Å². The maximum absolute atomic E-state index is 14.5. The second-order valence-electron chi connectivity index (χ2n) is 7.08. The van der Waals surface area contributed by atoms with Gasteiger partial charge in [-0.2, -0.15) is 8.78 Å². The van der Waals surface area contributed by atoms with Crippen molar-refractivity contribution in [1.29, 1.82) is 0 Å². The molecule has 0 aliphatic carbocycles. The lowest BCUT2D eigenvalue weighted by molar-refractivity contribution is 0.116. The summed E-state index contributed by atoms with van der Waals surface area (Å²) in [5.41, 5.74) is 2.80. The highest BCUT2D eigenvalue weighted by Gasteiger charge is 2.19. The van der Waals surface area contributed by atoms with Gasteiger partial charge >= 0.3 is 6.43 Å². The molecular formula is C21H15F3N8O. The fourth-order valence-electron chi connectivity index (χ4n) is 3.27. The van der Waals surface area contributed by atoms with Crippen molar-refractivity contribution in [3.05, 3.63) is 66.1 Å². The molecule has 3 heterocycles.